The molecule has 5 nitrogen and oxygen atoms in total. The predicted molar refractivity (Wildman–Crippen MR) is 78.0 cm³/mol. The molecule has 0 spiro atoms. The number of hydrogen-bond acceptors (Lipinski definition) is 3. The average Bonchev–Trinajstić information content (AvgIpc) is 2.41. The standard InChI is InChI=1S/C15H27N3O2/c1-11-6-2-3-7-12(11)17-14(19)10-18-9-5-4-8-13(18)15(16)20/h11-13H,2-10H2,1H3,(H2,16,20)(H,17,19)/t11-,12-,13+/m1/s1. The molecule has 1 saturated carbocycles. The maximum atomic E-state index is 12.2. The molecule has 0 aromatic rings. The molecule has 2 aliphatic rings. The maximum Gasteiger partial charge on any atom is 0.234 e. The summed E-state index contributed by atoms with van der Waals surface area (Å²) in [6, 6.07) is 0.0337. The van der Waals surface area contributed by atoms with Crippen LogP contribution in [-0.2, 0) is 9.59 Å². The van der Waals surface area contributed by atoms with Crippen LogP contribution in [0.15, 0.2) is 0 Å². The van der Waals surface area contributed by atoms with Crippen LogP contribution >= 0.6 is 0 Å². The Labute approximate surface area is 121 Å². The van der Waals surface area contributed by atoms with Crippen molar-refractivity contribution in [2.75, 3.05) is 13.1 Å². The summed E-state index contributed by atoms with van der Waals surface area (Å²) < 4.78 is 0. The van der Waals surface area contributed by atoms with Crippen LogP contribution in [0.2, 0.25) is 0 Å². The number of hydrogen-bond donors (Lipinski definition) is 2. The topological polar surface area (TPSA) is 75.4 Å². The van der Waals surface area contributed by atoms with Gasteiger partial charge in [0.15, 0.2) is 0 Å². The van der Waals surface area contributed by atoms with Gasteiger partial charge in [0, 0.05) is 6.04 Å². The summed E-state index contributed by atoms with van der Waals surface area (Å²) in [5, 5.41) is 3.14. The lowest BCUT2D eigenvalue weighted by molar-refractivity contribution is -0.128. The smallest absolute Gasteiger partial charge is 0.234 e. The van der Waals surface area contributed by atoms with E-state index in [1.165, 1.54) is 19.3 Å². The summed E-state index contributed by atoms with van der Waals surface area (Å²) in [6.07, 6.45) is 7.57. The Balaban J connectivity index is 1.84. The van der Waals surface area contributed by atoms with Crippen molar-refractivity contribution in [1.29, 1.82) is 0 Å². The number of carbonyl (C=O) groups is 2. The van der Waals surface area contributed by atoms with E-state index in [0.717, 1.165) is 32.2 Å². The Morgan fingerprint density at radius 3 is 2.55 bits per heavy atom. The van der Waals surface area contributed by atoms with Crippen LogP contribution in [0.4, 0.5) is 0 Å². The summed E-state index contributed by atoms with van der Waals surface area (Å²) >= 11 is 0. The van der Waals surface area contributed by atoms with Gasteiger partial charge in [0.1, 0.15) is 0 Å². The molecule has 3 N–H and O–H groups in total. The largest absolute Gasteiger partial charge is 0.368 e. The zero-order valence-corrected chi connectivity index (χ0v) is 12.4. The van der Waals surface area contributed by atoms with Gasteiger partial charge in [0.2, 0.25) is 11.8 Å². The minimum atomic E-state index is -0.302. The molecule has 1 saturated heterocycles. The number of nitrogens with one attached hydrogen (secondary N) is 1. The van der Waals surface area contributed by atoms with Crippen molar-refractivity contribution in [1.82, 2.24) is 10.2 Å². The average molecular weight is 281 g/mol. The number of nitrogens with two attached hydrogens (primary N) is 1. The molecule has 2 amide bonds. The van der Waals surface area contributed by atoms with Crippen LogP contribution in [0.3, 0.4) is 0 Å². The van der Waals surface area contributed by atoms with Gasteiger partial charge in [0.05, 0.1) is 12.6 Å². The van der Waals surface area contributed by atoms with Crippen molar-refractivity contribution in [3.8, 4) is 0 Å². The molecule has 0 radical (unpaired) electrons. The number of carbonyl (C=O) groups excluding carboxylic acids is 2. The van der Waals surface area contributed by atoms with Crippen molar-refractivity contribution in [2.24, 2.45) is 11.7 Å². The minimum absolute atomic E-state index is 0.0388. The Kier molecular flexibility index (Phi) is 5.40. The van der Waals surface area contributed by atoms with E-state index in [4.69, 9.17) is 5.73 Å². The normalized spacial score (nSPS) is 31.8. The van der Waals surface area contributed by atoms with Gasteiger partial charge in [0.25, 0.3) is 0 Å². The van der Waals surface area contributed by atoms with Crippen molar-refractivity contribution in [2.45, 2.75) is 64.0 Å². The van der Waals surface area contributed by atoms with Crippen molar-refractivity contribution >= 4 is 11.8 Å². The molecule has 0 aromatic carbocycles. The molecular formula is C15H27N3O2. The zero-order chi connectivity index (χ0) is 14.5. The quantitative estimate of drug-likeness (QED) is 0.808. The molecule has 5 heteroatoms. The second kappa shape index (κ2) is 7.07. The molecule has 0 bridgehead atoms. The van der Waals surface area contributed by atoms with Gasteiger partial charge in [-0.2, -0.15) is 0 Å². The number of primary amides is 1. The van der Waals surface area contributed by atoms with Crippen LogP contribution in [-0.4, -0.2) is 41.9 Å². The fourth-order valence-electron chi connectivity index (χ4n) is 3.47. The van der Waals surface area contributed by atoms with Crippen LogP contribution in [0.5, 0.6) is 0 Å². The Bertz CT molecular complexity index is 359. The van der Waals surface area contributed by atoms with Crippen LogP contribution < -0.4 is 11.1 Å². The highest BCUT2D eigenvalue weighted by atomic mass is 16.2. The minimum Gasteiger partial charge on any atom is -0.368 e. The van der Waals surface area contributed by atoms with E-state index in [9.17, 15) is 9.59 Å². The maximum absolute atomic E-state index is 12.2. The molecule has 1 heterocycles. The van der Waals surface area contributed by atoms with E-state index >= 15 is 0 Å². The van der Waals surface area contributed by atoms with Gasteiger partial charge in [-0.1, -0.05) is 26.2 Å². The third-order valence-corrected chi connectivity index (χ3v) is 4.75. The van der Waals surface area contributed by atoms with Crippen LogP contribution in [0, 0.1) is 5.92 Å². The SMILES string of the molecule is C[C@@H]1CCCC[C@H]1NC(=O)CN1CCCC[C@H]1C(N)=O. The van der Waals surface area contributed by atoms with Crippen molar-refractivity contribution < 1.29 is 9.59 Å². The molecule has 2 rings (SSSR count). The first-order chi connectivity index (χ1) is 9.58. The highest BCUT2D eigenvalue weighted by molar-refractivity contribution is 5.82. The summed E-state index contributed by atoms with van der Waals surface area (Å²) in [7, 11) is 0. The van der Waals surface area contributed by atoms with Gasteiger partial charge < -0.3 is 11.1 Å². The van der Waals surface area contributed by atoms with Gasteiger partial charge in [-0.05, 0) is 38.1 Å². The van der Waals surface area contributed by atoms with Crippen LogP contribution in [0.25, 0.3) is 0 Å². The lowest BCUT2D eigenvalue weighted by Gasteiger charge is -2.34. The zero-order valence-electron chi connectivity index (χ0n) is 12.4. The predicted octanol–water partition coefficient (Wildman–Crippen LogP) is 1.02. The van der Waals surface area contributed by atoms with E-state index in [-0.39, 0.29) is 17.9 Å². The molecule has 3 atom stereocenters. The van der Waals surface area contributed by atoms with Gasteiger partial charge in [-0.15, -0.1) is 0 Å². The van der Waals surface area contributed by atoms with Crippen molar-refractivity contribution in [3.63, 3.8) is 0 Å². The fraction of sp³-hybridized carbons (Fsp3) is 0.867. The molecule has 114 valence electrons. The molecular weight excluding hydrogens is 254 g/mol. The van der Waals surface area contributed by atoms with E-state index < -0.39 is 0 Å². The highest BCUT2D eigenvalue weighted by Crippen LogP contribution is 2.23. The Hall–Kier alpha value is -1.10. The number of rotatable bonds is 4. The summed E-state index contributed by atoms with van der Waals surface area (Å²) in [6.45, 7) is 3.30. The van der Waals surface area contributed by atoms with E-state index in [0.29, 0.717) is 18.5 Å². The lowest BCUT2D eigenvalue weighted by atomic mass is 9.86. The van der Waals surface area contributed by atoms with Gasteiger partial charge in [-0.3, -0.25) is 14.5 Å². The van der Waals surface area contributed by atoms with E-state index in [1.54, 1.807) is 0 Å². The number of piperidine rings is 1. The second-order valence-corrected chi connectivity index (χ2v) is 6.32. The highest BCUT2D eigenvalue weighted by Gasteiger charge is 2.29. The number of amides is 2. The third kappa shape index (κ3) is 3.95. The Morgan fingerprint density at radius 1 is 1.15 bits per heavy atom. The van der Waals surface area contributed by atoms with Gasteiger partial charge >= 0.3 is 0 Å². The molecule has 0 unspecified atom stereocenters. The number of likely N-dealkylation sites (tertiary alicyclic amines) is 1. The third-order valence-electron chi connectivity index (χ3n) is 4.75. The molecule has 1 aliphatic heterocycles. The van der Waals surface area contributed by atoms with Crippen LogP contribution in [0.1, 0.15) is 51.9 Å². The molecule has 1 aliphatic carbocycles. The first kappa shape index (κ1) is 15.3. The second-order valence-electron chi connectivity index (χ2n) is 6.32. The first-order valence-electron chi connectivity index (χ1n) is 7.90. The number of nitrogens with zero attached hydrogens (tertiary/aromatic N) is 1. The fourth-order valence-corrected chi connectivity index (χ4v) is 3.47. The lowest BCUT2D eigenvalue weighted by Crippen LogP contribution is -2.52. The molecule has 2 fully saturated rings. The van der Waals surface area contributed by atoms with Gasteiger partial charge in [-0.25, -0.2) is 0 Å². The molecule has 20 heavy (non-hydrogen) atoms. The monoisotopic (exact) mass is 281 g/mol. The van der Waals surface area contributed by atoms with E-state index in [2.05, 4.69) is 12.2 Å². The first-order valence-corrected chi connectivity index (χ1v) is 7.90. The summed E-state index contributed by atoms with van der Waals surface area (Å²) in [5.74, 6) is 0.293. The van der Waals surface area contributed by atoms with Crippen molar-refractivity contribution in [3.05, 3.63) is 0 Å². The summed E-state index contributed by atoms with van der Waals surface area (Å²) in [4.78, 5) is 25.6. The molecule has 0 aromatic heterocycles. The Morgan fingerprint density at radius 2 is 1.85 bits per heavy atom. The summed E-state index contributed by atoms with van der Waals surface area (Å²) in [5.41, 5.74) is 5.43. The van der Waals surface area contributed by atoms with E-state index in [1.807, 2.05) is 4.90 Å².